The van der Waals surface area contributed by atoms with Crippen molar-refractivity contribution in [3.8, 4) is 11.1 Å². The number of nitrogens with one attached hydrogen (secondary N) is 5. The van der Waals surface area contributed by atoms with Crippen LogP contribution in [0.1, 0.15) is 60.0 Å². The van der Waals surface area contributed by atoms with Crippen LogP contribution < -0.4 is 21.3 Å². The standard InChI is InChI=1S/C35H39N7O5/c1-20-16-25(33(44)37-26-11-12-26)10-14-28(20)23-6-2-21(3-7-23)17-31(34(45)38-27-13-15-29-30(18-27)41-42-40-29)39-32(43)24-8-4-22(5-9-24)19-36-35(46)47/h2-3,6-7,10,13-16,18,22,24,26,31,36H,4-5,8-9,11-12,17,19H2,1H3,(H,37,44)(H,38,45)(H,39,43)(H,46,47)(H,40,41,42)/t22?,24?,31-/m0/s1. The number of carbonyl (C=O) groups is 4. The largest absolute Gasteiger partial charge is 0.465 e. The second kappa shape index (κ2) is 14.0. The first kappa shape index (κ1) is 31.7. The summed E-state index contributed by atoms with van der Waals surface area (Å²) >= 11 is 0. The first-order chi connectivity index (χ1) is 22.7. The molecule has 0 saturated heterocycles. The van der Waals surface area contributed by atoms with Gasteiger partial charge in [0.15, 0.2) is 0 Å². The molecule has 244 valence electrons. The molecule has 0 aliphatic heterocycles. The molecule has 2 aliphatic carbocycles. The SMILES string of the molecule is Cc1cc(C(=O)NC2CC2)ccc1-c1ccc(C[C@H](NC(=O)C2CCC(CNC(=O)O)CC2)C(=O)Nc2ccc3n[nH]nc3c2)cc1. The van der Waals surface area contributed by atoms with Crippen LogP contribution in [0, 0.1) is 18.8 Å². The quantitative estimate of drug-likeness (QED) is 0.139. The van der Waals surface area contributed by atoms with Gasteiger partial charge >= 0.3 is 6.09 Å². The highest BCUT2D eigenvalue weighted by Gasteiger charge is 2.30. The Hall–Kier alpha value is -5.26. The molecule has 4 aromatic rings. The molecule has 1 atom stereocenters. The average molecular weight is 638 g/mol. The van der Waals surface area contributed by atoms with E-state index >= 15 is 0 Å². The third-order valence-corrected chi connectivity index (χ3v) is 9.08. The number of nitrogens with zero attached hydrogens (tertiary/aromatic N) is 2. The molecule has 12 heteroatoms. The van der Waals surface area contributed by atoms with Gasteiger partial charge in [0.25, 0.3) is 5.91 Å². The molecule has 6 rings (SSSR count). The van der Waals surface area contributed by atoms with Gasteiger partial charge in [-0.25, -0.2) is 4.79 Å². The molecule has 1 aromatic heterocycles. The molecule has 0 radical (unpaired) electrons. The van der Waals surface area contributed by atoms with Crippen molar-refractivity contribution in [3.63, 3.8) is 0 Å². The number of benzene rings is 3. The fourth-order valence-corrected chi connectivity index (χ4v) is 6.19. The van der Waals surface area contributed by atoms with E-state index in [1.54, 1.807) is 18.2 Å². The lowest BCUT2D eigenvalue weighted by Gasteiger charge is -2.29. The van der Waals surface area contributed by atoms with Gasteiger partial charge in [-0.2, -0.15) is 15.4 Å². The molecule has 4 amide bonds. The first-order valence-corrected chi connectivity index (χ1v) is 16.1. The highest BCUT2D eigenvalue weighted by molar-refractivity contribution is 5.99. The Kier molecular flexibility index (Phi) is 9.46. The van der Waals surface area contributed by atoms with Crippen molar-refractivity contribution in [2.24, 2.45) is 11.8 Å². The number of fused-ring (bicyclic) bond motifs is 1. The van der Waals surface area contributed by atoms with Gasteiger partial charge in [0.05, 0.1) is 0 Å². The number of hydrogen-bond acceptors (Lipinski definition) is 6. The molecule has 2 saturated carbocycles. The van der Waals surface area contributed by atoms with Crippen LogP contribution in [-0.4, -0.2) is 63.0 Å². The van der Waals surface area contributed by atoms with E-state index in [-0.39, 0.29) is 36.0 Å². The zero-order valence-corrected chi connectivity index (χ0v) is 26.2. The summed E-state index contributed by atoms with van der Waals surface area (Å²) in [5.41, 5.74) is 6.34. The van der Waals surface area contributed by atoms with Crippen LogP contribution >= 0.6 is 0 Å². The maximum atomic E-state index is 13.6. The predicted octanol–water partition coefficient (Wildman–Crippen LogP) is 4.57. The van der Waals surface area contributed by atoms with Crippen LogP contribution in [0.25, 0.3) is 22.2 Å². The van der Waals surface area contributed by atoms with Crippen LogP contribution in [-0.2, 0) is 16.0 Å². The lowest BCUT2D eigenvalue weighted by atomic mass is 9.81. The Balaban J connectivity index is 1.14. The van der Waals surface area contributed by atoms with E-state index in [1.165, 1.54) is 0 Å². The minimum Gasteiger partial charge on any atom is -0.465 e. The second-order valence-corrected chi connectivity index (χ2v) is 12.7. The molecule has 12 nitrogen and oxygen atoms in total. The normalized spacial score (nSPS) is 18.2. The zero-order valence-electron chi connectivity index (χ0n) is 26.2. The number of H-pyrrole nitrogens is 1. The number of amides is 4. The first-order valence-electron chi connectivity index (χ1n) is 16.1. The summed E-state index contributed by atoms with van der Waals surface area (Å²) in [7, 11) is 0. The molecule has 47 heavy (non-hydrogen) atoms. The van der Waals surface area contributed by atoms with Crippen molar-refractivity contribution in [3.05, 3.63) is 77.4 Å². The van der Waals surface area contributed by atoms with Crippen LogP contribution in [0.3, 0.4) is 0 Å². The van der Waals surface area contributed by atoms with E-state index in [0.717, 1.165) is 47.9 Å². The van der Waals surface area contributed by atoms with Gasteiger partial charge in [-0.05, 0) is 104 Å². The maximum absolute atomic E-state index is 13.6. The maximum Gasteiger partial charge on any atom is 0.404 e. The number of aromatic amines is 1. The predicted molar refractivity (Wildman–Crippen MR) is 177 cm³/mol. The Morgan fingerprint density at radius 1 is 0.894 bits per heavy atom. The summed E-state index contributed by atoms with van der Waals surface area (Å²) < 4.78 is 0. The van der Waals surface area contributed by atoms with Crippen LogP contribution in [0.15, 0.2) is 60.7 Å². The molecule has 0 bridgehead atoms. The highest BCUT2D eigenvalue weighted by atomic mass is 16.4. The minimum atomic E-state index is -1.05. The van der Waals surface area contributed by atoms with Crippen molar-refractivity contribution in [2.45, 2.75) is 64.0 Å². The van der Waals surface area contributed by atoms with Gasteiger partial charge in [0.1, 0.15) is 17.1 Å². The smallest absolute Gasteiger partial charge is 0.404 e. The fourth-order valence-electron chi connectivity index (χ4n) is 6.19. The number of aromatic nitrogens is 3. The number of rotatable bonds is 11. The van der Waals surface area contributed by atoms with Crippen molar-refractivity contribution >= 4 is 40.5 Å². The van der Waals surface area contributed by atoms with E-state index in [1.807, 2.05) is 49.4 Å². The lowest BCUT2D eigenvalue weighted by Crippen LogP contribution is -2.48. The summed E-state index contributed by atoms with van der Waals surface area (Å²) in [4.78, 5) is 50.4. The molecule has 2 aliphatic rings. The summed E-state index contributed by atoms with van der Waals surface area (Å²) in [5.74, 6) is -0.634. The van der Waals surface area contributed by atoms with Crippen molar-refractivity contribution in [1.82, 2.24) is 31.4 Å². The van der Waals surface area contributed by atoms with Gasteiger partial charge in [-0.1, -0.05) is 30.3 Å². The molecular formula is C35H39N7O5. The summed E-state index contributed by atoms with van der Waals surface area (Å²) in [5, 5.41) is 31.0. The van der Waals surface area contributed by atoms with Crippen LogP contribution in [0.2, 0.25) is 0 Å². The summed E-state index contributed by atoms with van der Waals surface area (Å²) in [6, 6.07) is 18.3. The van der Waals surface area contributed by atoms with Gasteiger partial charge in [-0.3, -0.25) is 14.4 Å². The molecule has 0 unspecified atom stereocenters. The third kappa shape index (κ3) is 8.13. The molecule has 0 spiro atoms. The van der Waals surface area contributed by atoms with Gasteiger partial charge in [0.2, 0.25) is 11.8 Å². The van der Waals surface area contributed by atoms with Crippen LogP contribution in [0.5, 0.6) is 0 Å². The molecular weight excluding hydrogens is 598 g/mol. The minimum absolute atomic E-state index is 0.0481. The fraction of sp³-hybridized carbons (Fsp3) is 0.371. The van der Waals surface area contributed by atoms with Crippen molar-refractivity contribution < 1.29 is 24.3 Å². The lowest BCUT2D eigenvalue weighted by molar-refractivity contribution is -0.130. The molecule has 6 N–H and O–H groups in total. The van der Waals surface area contributed by atoms with Gasteiger partial charge in [-0.15, -0.1) is 0 Å². The average Bonchev–Trinajstić information content (AvgIpc) is 3.76. The number of anilines is 1. The van der Waals surface area contributed by atoms with Gasteiger partial charge < -0.3 is 26.4 Å². The molecule has 1 heterocycles. The second-order valence-electron chi connectivity index (χ2n) is 12.7. The summed E-state index contributed by atoms with van der Waals surface area (Å²) in [6.07, 6.45) is 4.04. The van der Waals surface area contributed by atoms with Gasteiger partial charge in [0, 0.05) is 36.2 Å². The molecule has 2 fully saturated rings. The van der Waals surface area contributed by atoms with E-state index in [2.05, 4.69) is 36.7 Å². The number of aryl methyl sites for hydroxylation is 1. The third-order valence-electron chi connectivity index (χ3n) is 9.08. The van der Waals surface area contributed by atoms with E-state index in [9.17, 15) is 19.2 Å². The van der Waals surface area contributed by atoms with E-state index in [0.29, 0.717) is 47.7 Å². The Morgan fingerprint density at radius 3 is 2.34 bits per heavy atom. The summed E-state index contributed by atoms with van der Waals surface area (Å²) in [6.45, 7) is 2.36. The Morgan fingerprint density at radius 2 is 1.64 bits per heavy atom. The Labute approximate surface area is 272 Å². The topological polar surface area (TPSA) is 178 Å². The zero-order chi connectivity index (χ0) is 32.9. The highest BCUT2D eigenvalue weighted by Crippen LogP contribution is 2.29. The van der Waals surface area contributed by atoms with Crippen molar-refractivity contribution in [1.29, 1.82) is 0 Å². The Bertz CT molecular complexity index is 1770. The number of carboxylic acid groups (broad SMARTS) is 1. The monoisotopic (exact) mass is 637 g/mol. The number of hydrogen-bond donors (Lipinski definition) is 6. The van der Waals surface area contributed by atoms with E-state index < -0.39 is 12.1 Å². The van der Waals surface area contributed by atoms with Crippen LogP contribution in [0.4, 0.5) is 10.5 Å². The number of carbonyl (C=O) groups excluding carboxylic acids is 3. The van der Waals surface area contributed by atoms with E-state index in [4.69, 9.17) is 5.11 Å². The van der Waals surface area contributed by atoms with Crippen molar-refractivity contribution in [2.75, 3.05) is 11.9 Å². The molecule has 3 aromatic carbocycles.